The quantitative estimate of drug-likeness (QED) is 0.474. The van der Waals surface area contributed by atoms with E-state index in [0.717, 1.165) is 33.0 Å². The molecule has 3 N–H and O–H groups in total. The summed E-state index contributed by atoms with van der Waals surface area (Å²) < 4.78 is 0. The number of benzene rings is 4. The van der Waals surface area contributed by atoms with Crippen LogP contribution in [0, 0.1) is 0 Å². The second-order valence-electron chi connectivity index (χ2n) is 6.78. The van der Waals surface area contributed by atoms with Crippen molar-refractivity contribution in [1.82, 2.24) is 0 Å². The average molecular weight is 356 g/mol. The van der Waals surface area contributed by atoms with E-state index in [0.29, 0.717) is 18.6 Å². The van der Waals surface area contributed by atoms with Crippen molar-refractivity contribution < 1.29 is 15.3 Å². The molecule has 0 amide bonds. The van der Waals surface area contributed by atoms with E-state index in [9.17, 15) is 15.3 Å². The van der Waals surface area contributed by atoms with Gasteiger partial charge in [0.25, 0.3) is 0 Å². The fourth-order valence-corrected chi connectivity index (χ4v) is 3.45. The third kappa shape index (κ3) is 3.58. The van der Waals surface area contributed by atoms with Crippen LogP contribution < -0.4 is 0 Å². The van der Waals surface area contributed by atoms with Crippen LogP contribution in [0.15, 0.2) is 78.9 Å². The van der Waals surface area contributed by atoms with Crippen molar-refractivity contribution in [1.29, 1.82) is 0 Å². The second-order valence-corrected chi connectivity index (χ2v) is 6.78. The summed E-state index contributed by atoms with van der Waals surface area (Å²) in [6.45, 7) is 0. The van der Waals surface area contributed by atoms with Gasteiger partial charge < -0.3 is 15.3 Å². The smallest absolute Gasteiger partial charge is 0.126 e. The average Bonchev–Trinajstić information content (AvgIpc) is 2.69. The molecule has 3 nitrogen and oxygen atoms in total. The number of hydrogen-bond donors (Lipinski definition) is 3. The molecule has 0 saturated carbocycles. The van der Waals surface area contributed by atoms with Gasteiger partial charge >= 0.3 is 0 Å². The van der Waals surface area contributed by atoms with Gasteiger partial charge in [-0.1, -0.05) is 54.6 Å². The SMILES string of the molecule is Oc1ccc(Cc2cc(Cc3ccc(O)cc3)c3ccccc3c2O)cc1. The minimum absolute atomic E-state index is 0.231. The van der Waals surface area contributed by atoms with Crippen LogP contribution in [0.1, 0.15) is 22.3 Å². The standard InChI is InChI=1S/C24H20O3/c25-20-9-5-16(6-10-20)13-18-15-19(14-17-7-11-21(26)12-8-17)24(27)23-4-2-1-3-22(18)23/h1-12,15,25-27H,13-14H2. The number of phenols is 3. The van der Waals surface area contributed by atoms with Gasteiger partial charge in [0, 0.05) is 11.8 Å². The van der Waals surface area contributed by atoms with Gasteiger partial charge in [0.1, 0.15) is 17.2 Å². The zero-order chi connectivity index (χ0) is 18.8. The van der Waals surface area contributed by atoms with Crippen LogP contribution in [-0.2, 0) is 12.8 Å². The lowest BCUT2D eigenvalue weighted by atomic mass is 9.92. The zero-order valence-electron chi connectivity index (χ0n) is 14.8. The van der Waals surface area contributed by atoms with E-state index >= 15 is 0 Å². The molecule has 0 spiro atoms. The second kappa shape index (κ2) is 7.04. The summed E-state index contributed by atoms with van der Waals surface area (Å²) in [6.07, 6.45) is 1.29. The van der Waals surface area contributed by atoms with E-state index < -0.39 is 0 Å². The summed E-state index contributed by atoms with van der Waals surface area (Å²) in [6, 6.07) is 24.2. The Morgan fingerprint density at radius 1 is 0.519 bits per heavy atom. The molecule has 0 aliphatic carbocycles. The van der Waals surface area contributed by atoms with Gasteiger partial charge in [-0.05, 0) is 58.3 Å². The Labute approximate surface area is 157 Å². The first kappa shape index (κ1) is 17.0. The van der Waals surface area contributed by atoms with Gasteiger partial charge in [0.2, 0.25) is 0 Å². The van der Waals surface area contributed by atoms with E-state index in [1.165, 1.54) is 0 Å². The first-order chi connectivity index (χ1) is 13.1. The summed E-state index contributed by atoms with van der Waals surface area (Å²) in [5.74, 6) is 0.782. The van der Waals surface area contributed by atoms with E-state index in [1.807, 2.05) is 48.5 Å². The van der Waals surface area contributed by atoms with Crippen molar-refractivity contribution >= 4 is 10.8 Å². The maximum absolute atomic E-state index is 10.8. The third-order valence-corrected chi connectivity index (χ3v) is 4.84. The fraction of sp³-hybridized carbons (Fsp3) is 0.0833. The largest absolute Gasteiger partial charge is 0.508 e. The predicted octanol–water partition coefficient (Wildman–Crippen LogP) is 5.14. The van der Waals surface area contributed by atoms with E-state index in [2.05, 4.69) is 6.07 Å². The van der Waals surface area contributed by atoms with E-state index in [1.54, 1.807) is 24.3 Å². The molecule has 134 valence electrons. The Morgan fingerprint density at radius 2 is 1.00 bits per heavy atom. The Kier molecular flexibility index (Phi) is 4.43. The van der Waals surface area contributed by atoms with Crippen molar-refractivity contribution in [3.63, 3.8) is 0 Å². The maximum atomic E-state index is 10.8. The Balaban J connectivity index is 1.78. The highest BCUT2D eigenvalue weighted by molar-refractivity contribution is 5.92. The van der Waals surface area contributed by atoms with Gasteiger partial charge in [0.05, 0.1) is 0 Å². The minimum atomic E-state index is 0.231. The van der Waals surface area contributed by atoms with Crippen molar-refractivity contribution in [2.75, 3.05) is 0 Å². The van der Waals surface area contributed by atoms with Crippen LogP contribution in [0.4, 0.5) is 0 Å². The summed E-state index contributed by atoms with van der Waals surface area (Å²) in [5, 5.41) is 31.7. The molecule has 27 heavy (non-hydrogen) atoms. The topological polar surface area (TPSA) is 60.7 Å². The van der Waals surface area contributed by atoms with E-state index in [4.69, 9.17) is 0 Å². The summed E-state index contributed by atoms with van der Waals surface area (Å²) in [5.41, 5.74) is 4.10. The number of fused-ring (bicyclic) bond motifs is 1. The van der Waals surface area contributed by atoms with Gasteiger partial charge in [-0.3, -0.25) is 0 Å². The lowest BCUT2D eigenvalue weighted by molar-refractivity contribution is 0.474. The summed E-state index contributed by atoms with van der Waals surface area (Å²) in [4.78, 5) is 0. The molecule has 4 rings (SSSR count). The molecule has 0 aromatic heterocycles. The molecule has 0 fully saturated rings. The molecule has 3 heteroatoms. The van der Waals surface area contributed by atoms with Gasteiger partial charge in [-0.25, -0.2) is 0 Å². The van der Waals surface area contributed by atoms with Crippen LogP contribution in [0.2, 0.25) is 0 Å². The first-order valence-electron chi connectivity index (χ1n) is 8.88. The molecule has 0 aliphatic heterocycles. The van der Waals surface area contributed by atoms with Crippen LogP contribution in [0.3, 0.4) is 0 Å². The van der Waals surface area contributed by atoms with Crippen molar-refractivity contribution in [3.8, 4) is 17.2 Å². The van der Waals surface area contributed by atoms with Gasteiger partial charge in [0.15, 0.2) is 0 Å². The number of aromatic hydroxyl groups is 3. The van der Waals surface area contributed by atoms with Crippen LogP contribution in [-0.4, -0.2) is 15.3 Å². The first-order valence-corrected chi connectivity index (χ1v) is 8.88. The lowest BCUT2D eigenvalue weighted by Gasteiger charge is -2.14. The molecule has 0 heterocycles. The van der Waals surface area contributed by atoms with Crippen LogP contribution in [0.5, 0.6) is 17.2 Å². The van der Waals surface area contributed by atoms with Crippen LogP contribution >= 0.6 is 0 Å². The molecule has 0 saturated heterocycles. The van der Waals surface area contributed by atoms with Gasteiger partial charge in [-0.15, -0.1) is 0 Å². The highest BCUT2D eigenvalue weighted by Gasteiger charge is 2.12. The van der Waals surface area contributed by atoms with Crippen molar-refractivity contribution in [2.45, 2.75) is 12.8 Å². The molecule has 0 bridgehead atoms. The Hall–Kier alpha value is -3.46. The molecule has 0 radical (unpaired) electrons. The highest BCUT2D eigenvalue weighted by Crippen LogP contribution is 2.34. The molecule has 0 aliphatic rings. The van der Waals surface area contributed by atoms with Crippen molar-refractivity contribution in [2.24, 2.45) is 0 Å². The highest BCUT2D eigenvalue weighted by atomic mass is 16.3. The minimum Gasteiger partial charge on any atom is -0.508 e. The summed E-state index contributed by atoms with van der Waals surface area (Å²) >= 11 is 0. The van der Waals surface area contributed by atoms with Crippen molar-refractivity contribution in [3.05, 3.63) is 101 Å². The van der Waals surface area contributed by atoms with Gasteiger partial charge in [-0.2, -0.15) is 0 Å². The molecule has 4 aromatic carbocycles. The fourth-order valence-electron chi connectivity index (χ4n) is 3.45. The van der Waals surface area contributed by atoms with E-state index in [-0.39, 0.29) is 11.5 Å². The summed E-state index contributed by atoms with van der Waals surface area (Å²) in [7, 11) is 0. The molecular weight excluding hydrogens is 336 g/mol. The maximum Gasteiger partial charge on any atom is 0.126 e. The number of hydrogen-bond acceptors (Lipinski definition) is 3. The Morgan fingerprint density at radius 3 is 1.56 bits per heavy atom. The Bertz CT molecular complexity index is 1080. The van der Waals surface area contributed by atoms with Crippen LogP contribution in [0.25, 0.3) is 10.8 Å². The molecule has 4 aromatic rings. The predicted molar refractivity (Wildman–Crippen MR) is 107 cm³/mol. The molecule has 0 unspecified atom stereocenters. The number of rotatable bonds is 4. The normalized spacial score (nSPS) is 11.0. The number of phenolic OH excluding ortho intramolecular Hbond substituents is 3. The molecular formula is C24H20O3. The zero-order valence-corrected chi connectivity index (χ0v) is 14.8. The third-order valence-electron chi connectivity index (χ3n) is 4.84. The lowest BCUT2D eigenvalue weighted by Crippen LogP contribution is -1.96. The molecule has 0 atom stereocenters. The monoisotopic (exact) mass is 356 g/mol.